The van der Waals surface area contributed by atoms with Crippen LogP contribution in [0, 0.1) is 17.0 Å². The maximum absolute atomic E-state index is 12.5. The van der Waals surface area contributed by atoms with Crippen molar-refractivity contribution in [3.05, 3.63) is 117 Å². The van der Waals surface area contributed by atoms with Crippen molar-refractivity contribution in [2.75, 3.05) is 5.32 Å². The lowest BCUT2D eigenvalue weighted by atomic mass is 10.1. The SMILES string of the molecule is Cc1ccc(Nc2nc(-c3ccc(C(=O)N/N=C\c4ccc(-c5ccccc5[N+](=O)[O-])o4)cc3)cs2)cc1. The van der Waals surface area contributed by atoms with E-state index in [1.54, 1.807) is 42.5 Å². The molecule has 188 valence electrons. The van der Waals surface area contributed by atoms with Gasteiger partial charge in [-0.2, -0.15) is 5.10 Å². The molecule has 5 aromatic rings. The van der Waals surface area contributed by atoms with Crippen molar-refractivity contribution in [2.45, 2.75) is 6.92 Å². The molecule has 3 aromatic carbocycles. The monoisotopic (exact) mass is 523 g/mol. The van der Waals surface area contributed by atoms with E-state index < -0.39 is 10.8 Å². The van der Waals surface area contributed by atoms with Crippen molar-refractivity contribution < 1.29 is 14.1 Å². The first-order valence-electron chi connectivity index (χ1n) is 11.5. The summed E-state index contributed by atoms with van der Waals surface area (Å²) in [6, 6.07) is 24.7. The molecule has 9 nitrogen and oxygen atoms in total. The second kappa shape index (κ2) is 10.9. The van der Waals surface area contributed by atoms with Crippen LogP contribution in [-0.4, -0.2) is 22.0 Å². The van der Waals surface area contributed by atoms with Crippen LogP contribution in [0.15, 0.2) is 99.8 Å². The number of rotatable bonds is 8. The number of anilines is 2. The summed E-state index contributed by atoms with van der Waals surface area (Å²) < 4.78 is 5.64. The minimum absolute atomic E-state index is 0.0570. The first kappa shape index (κ1) is 24.6. The van der Waals surface area contributed by atoms with Crippen LogP contribution in [0.3, 0.4) is 0 Å². The van der Waals surface area contributed by atoms with E-state index in [2.05, 4.69) is 20.8 Å². The maximum atomic E-state index is 12.5. The van der Waals surface area contributed by atoms with Gasteiger partial charge in [-0.05, 0) is 49.4 Å². The molecule has 0 aliphatic rings. The van der Waals surface area contributed by atoms with Gasteiger partial charge in [0, 0.05) is 28.3 Å². The average Bonchev–Trinajstić information content (AvgIpc) is 3.60. The molecule has 0 radical (unpaired) electrons. The number of furan rings is 1. The molecular weight excluding hydrogens is 502 g/mol. The fraction of sp³-hybridized carbons (Fsp3) is 0.0357. The summed E-state index contributed by atoms with van der Waals surface area (Å²) in [5.41, 5.74) is 7.05. The van der Waals surface area contributed by atoms with Gasteiger partial charge < -0.3 is 9.73 Å². The van der Waals surface area contributed by atoms with Crippen LogP contribution >= 0.6 is 11.3 Å². The fourth-order valence-corrected chi connectivity index (χ4v) is 4.38. The van der Waals surface area contributed by atoms with E-state index in [0.717, 1.165) is 22.1 Å². The van der Waals surface area contributed by atoms with Gasteiger partial charge in [0.15, 0.2) is 5.13 Å². The van der Waals surface area contributed by atoms with Crippen molar-refractivity contribution in [1.82, 2.24) is 10.4 Å². The summed E-state index contributed by atoms with van der Waals surface area (Å²) >= 11 is 1.50. The number of nitro groups is 1. The largest absolute Gasteiger partial charge is 0.455 e. The number of hydrogen-bond donors (Lipinski definition) is 2. The van der Waals surface area contributed by atoms with Crippen molar-refractivity contribution in [2.24, 2.45) is 5.10 Å². The summed E-state index contributed by atoms with van der Waals surface area (Å²) in [7, 11) is 0. The Labute approximate surface area is 221 Å². The summed E-state index contributed by atoms with van der Waals surface area (Å²) in [4.78, 5) is 27.9. The summed E-state index contributed by atoms with van der Waals surface area (Å²) in [6.45, 7) is 2.04. The quantitative estimate of drug-likeness (QED) is 0.131. The molecule has 0 fully saturated rings. The van der Waals surface area contributed by atoms with Gasteiger partial charge in [0.25, 0.3) is 11.6 Å². The first-order chi connectivity index (χ1) is 18.5. The lowest BCUT2D eigenvalue weighted by molar-refractivity contribution is -0.384. The van der Waals surface area contributed by atoms with Gasteiger partial charge in [-0.15, -0.1) is 11.3 Å². The molecule has 0 saturated carbocycles. The topological polar surface area (TPSA) is 123 Å². The van der Waals surface area contributed by atoms with Gasteiger partial charge >= 0.3 is 0 Å². The molecule has 2 aromatic heterocycles. The Morgan fingerprint density at radius 3 is 2.55 bits per heavy atom. The van der Waals surface area contributed by atoms with Crippen molar-refractivity contribution in [3.8, 4) is 22.6 Å². The number of para-hydroxylation sites is 1. The Hall–Kier alpha value is -5.09. The fourth-order valence-electron chi connectivity index (χ4n) is 3.64. The molecule has 0 spiro atoms. The predicted molar refractivity (Wildman–Crippen MR) is 148 cm³/mol. The second-order valence-electron chi connectivity index (χ2n) is 8.28. The minimum Gasteiger partial charge on any atom is -0.455 e. The second-order valence-corrected chi connectivity index (χ2v) is 9.14. The first-order valence-corrected chi connectivity index (χ1v) is 12.4. The van der Waals surface area contributed by atoms with Crippen LogP contribution in [0.5, 0.6) is 0 Å². The Bertz CT molecular complexity index is 1620. The van der Waals surface area contributed by atoms with Gasteiger partial charge in [0.2, 0.25) is 0 Å². The van der Waals surface area contributed by atoms with Gasteiger partial charge in [-0.25, -0.2) is 10.4 Å². The smallest absolute Gasteiger partial charge is 0.280 e. The molecule has 0 bridgehead atoms. The number of aryl methyl sites for hydroxylation is 1. The number of nitrogens with one attached hydrogen (secondary N) is 2. The minimum atomic E-state index is -0.465. The van der Waals surface area contributed by atoms with Gasteiger partial charge in [-0.3, -0.25) is 14.9 Å². The number of thiazole rings is 1. The van der Waals surface area contributed by atoms with E-state index >= 15 is 0 Å². The zero-order valence-electron chi connectivity index (χ0n) is 20.1. The van der Waals surface area contributed by atoms with E-state index in [1.165, 1.54) is 29.2 Å². The summed E-state index contributed by atoms with van der Waals surface area (Å²) in [6.07, 6.45) is 1.34. The molecular formula is C28H21N5O4S. The molecule has 0 saturated heterocycles. The normalized spacial score (nSPS) is 11.0. The third kappa shape index (κ3) is 5.66. The molecule has 0 aliphatic carbocycles. The van der Waals surface area contributed by atoms with Crippen LogP contribution < -0.4 is 10.7 Å². The van der Waals surface area contributed by atoms with Crippen molar-refractivity contribution in [3.63, 3.8) is 0 Å². The van der Waals surface area contributed by atoms with Crippen LogP contribution in [0.4, 0.5) is 16.5 Å². The zero-order chi connectivity index (χ0) is 26.5. The van der Waals surface area contributed by atoms with E-state index in [1.807, 2.05) is 48.7 Å². The number of nitrogens with zero attached hydrogens (tertiary/aromatic N) is 3. The lowest BCUT2D eigenvalue weighted by Gasteiger charge is -2.03. The average molecular weight is 524 g/mol. The lowest BCUT2D eigenvalue weighted by Crippen LogP contribution is -2.17. The van der Waals surface area contributed by atoms with Crippen LogP contribution in [0.25, 0.3) is 22.6 Å². The molecule has 2 heterocycles. The molecule has 2 N–H and O–H groups in total. The van der Waals surface area contributed by atoms with E-state index in [4.69, 9.17) is 4.42 Å². The summed E-state index contributed by atoms with van der Waals surface area (Å²) in [5, 5.41) is 21.2. The number of nitro benzene ring substituents is 1. The molecule has 5 rings (SSSR count). The highest BCUT2D eigenvalue weighted by Gasteiger charge is 2.17. The Morgan fingerprint density at radius 1 is 1.03 bits per heavy atom. The molecule has 1 amide bonds. The standard InChI is InChI=1S/C28H21N5O4S/c1-18-6-12-21(13-7-18)30-28-31-24(17-38-28)19-8-10-20(11-9-19)27(34)32-29-16-22-14-15-26(37-22)23-4-2-3-5-25(23)33(35)36/h2-17H,1H3,(H,30,31)(H,32,34)/b29-16-. The number of carbonyl (C=O) groups excluding carboxylic acids is 1. The number of carbonyl (C=O) groups is 1. The van der Waals surface area contributed by atoms with Crippen LogP contribution in [0.1, 0.15) is 21.7 Å². The molecule has 0 atom stereocenters. The van der Waals surface area contributed by atoms with Crippen molar-refractivity contribution in [1.29, 1.82) is 0 Å². The highest BCUT2D eigenvalue weighted by Crippen LogP contribution is 2.30. The Morgan fingerprint density at radius 2 is 1.79 bits per heavy atom. The highest BCUT2D eigenvalue weighted by molar-refractivity contribution is 7.14. The zero-order valence-corrected chi connectivity index (χ0v) is 20.9. The summed E-state index contributed by atoms with van der Waals surface area (Å²) in [5.74, 6) is 0.283. The molecule has 10 heteroatoms. The van der Waals surface area contributed by atoms with E-state index in [-0.39, 0.29) is 5.69 Å². The third-order valence-corrected chi connectivity index (χ3v) is 6.36. The molecule has 0 unspecified atom stereocenters. The van der Waals surface area contributed by atoms with E-state index in [9.17, 15) is 14.9 Å². The third-order valence-electron chi connectivity index (χ3n) is 5.60. The van der Waals surface area contributed by atoms with E-state index in [0.29, 0.717) is 22.6 Å². The number of hydrazone groups is 1. The van der Waals surface area contributed by atoms with Gasteiger partial charge in [0.05, 0.1) is 22.4 Å². The number of amides is 1. The molecule has 38 heavy (non-hydrogen) atoms. The maximum Gasteiger partial charge on any atom is 0.280 e. The van der Waals surface area contributed by atoms with Crippen LogP contribution in [-0.2, 0) is 0 Å². The van der Waals surface area contributed by atoms with Gasteiger partial charge in [0.1, 0.15) is 11.5 Å². The Balaban J connectivity index is 1.19. The van der Waals surface area contributed by atoms with Gasteiger partial charge in [-0.1, -0.05) is 42.0 Å². The number of benzene rings is 3. The number of aromatic nitrogens is 1. The predicted octanol–water partition coefficient (Wildman–Crippen LogP) is 6.79. The number of hydrogen-bond acceptors (Lipinski definition) is 8. The Kier molecular flexibility index (Phi) is 7.05. The van der Waals surface area contributed by atoms with Crippen LogP contribution in [0.2, 0.25) is 0 Å². The van der Waals surface area contributed by atoms with Crippen molar-refractivity contribution >= 4 is 40.0 Å². The molecule has 0 aliphatic heterocycles. The highest BCUT2D eigenvalue weighted by atomic mass is 32.1.